The molecule has 0 amide bonds. The Kier molecular flexibility index (Phi) is 2.70. The molecule has 16 heavy (non-hydrogen) atoms. The van der Waals surface area contributed by atoms with Gasteiger partial charge in [0.05, 0.1) is 6.10 Å². The van der Waals surface area contributed by atoms with Crippen molar-refractivity contribution in [2.24, 2.45) is 23.7 Å². The highest BCUT2D eigenvalue weighted by Crippen LogP contribution is 2.55. The maximum Gasteiger partial charge on any atom is 0.163 e. The lowest BCUT2D eigenvalue weighted by atomic mass is 9.58. The molecule has 0 aromatic rings. The topological polar surface area (TPSA) is 47.9 Å². The van der Waals surface area contributed by atoms with Crippen LogP contribution in [-0.2, 0) is 14.2 Å². The number of ether oxygens (including phenoxy) is 3. The number of aliphatic hydroxyl groups is 1. The lowest BCUT2D eigenvalue weighted by Crippen LogP contribution is -2.50. The van der Waals surface area contributed by atoms with Gasteiger partial charge in [0, 0.05) is 26.1 Å². The standard InChI is InChI=1S/C12H20O4/c1-14-11-9-6-3-4-7(8(13)5-6)10(9)12(15-2)16-11/h6-13H,3-5H2,1-2H3/t6-,7-,8-,9-,10+,11-,12-/m1/s1. The molecular formula is C12H20O4. The summed E-state index contributed by atoms with van der Waals surface area (Å²) in [6.45, 7) is 0. The van der Waals surface area contributed by atoms with E-state index in [0.717, 1.165) is 12.8 Å². The third-order valence-electron chi connectivity index (χ3n) is 4.75. The third kappa shape index (κ3) is 1.37. The van der Waals surface area contributed by atoms with Gasteiger partial charge in [-0.25, -0.2) is 0 Å². The van der Waals surface area contributed by atoms with Crippen LogP contribution in [0.4, 0.5) is 0 Å². The van der Waals surface area contributed by atoms with Crippen LogP contribution in [0.3, 0.4) is 0 Å². The Labute approximate surface area is 95.9 Å². The molecule has 0 aromatic carbocycles. The Balaban J connectivity index is 1.89. The highest BCUT2D eigenvalue weighted by Gasteiger charge is 2.58. The van der Waals surface area contributed by atoms with Gasteiger partial charge in [0.1, 0.15) is 0 Å². The molecule has 4 aliphatic rings. The van der Waals surface area contributed by atoms with E-state index in [1.165, 1.54) is 6.42 Å². The van der Waals surface area contributed by atoms with Gasteiger partial charge in [-0.05, 0) is 31.1 Å². The lowest BCUT2D eigenvalue weighted by molar-refractivity contribution is -0.199. The van der Waals surface area contributed by atoms with Crippen LogP contribution in [0.25, 0.3) is 0 Å². The van der Waals surface area contributed by atoms with Crippen LogP contribution >= 0.6 is 0 Å². The first kappa shape index (κ1) is 11.0. The number of hydrogen-bond donors (Lipinski definition) is 1. The molecule has 0 aromatic heterocycles. The zero-order valence-electron chi connectivity index (χ0n) is 9.83. The first-order chi connectivity index (χ1) is 7.76. The normalized spacial score (nSPS) is 55.3. The molecule has 4 rings (SSSR count). The molecule has 4 nitrogen and oxygen atoms in total. The maximum atomic E-state index is 10.1. The number of hydrogen-bond acceptors (Lipinski definition) is 4. The summed E-state index contributed by atoms with van der Waals surface area (Å²) in [5.74, 6) is 1.60. The molecule has 0 spiro atoms. The van der Waals surface area contributed by atoms with Gasteiger partial charge in [0.15, 0.2) is 12.6 Å². The van der Waals surface area contributed by atoms with E-state index in [9.17, 15) is 5.11 Å². The van der Waals surface area contributed by atoms with Crippen molar-refractivity contribution in [2.45, 2.75) is 37.9 Å². The molecule has 4 fully saturated rings. The highest BCUT2D eigenvalue weighted by atomic mass is 16.8. The summed E-state index contributed by atoms with van der Waals surface area (Å²) in [6, 6.07) is 0. The molecule has 1 heterocycles. The van der Waals surface area contributed by atoms with Crippen LogP contribution in [0.1, 0.15) is 19.3 Å². The molecule has 1 aliphatic heterocycles. The molecule has 3 saturated carbocycles. The Morgan fingerprint density at radius 3 is 2.38 bits per heavy atom. The van der Waals surface area contributed by atoms with Crippen molar-refractivity contribution in [3.8, 4) is 0 Å². The molecule has 0 unspecified atom stereocenters. The van der Waals surface area contributed by atoms with Gasteiger partial charge < -0.3 is 19.3 Å². The summed E-state index contributed by atoms with van der Waals surface area (Å²) in [5.41, 5.74) is 0. The monoisotopic (exact) mass is 228 g/mol. The SMILES string of the molecule is CO[C@@H]1O[C@@H](OC)[C@H]2[C@@H]3CC[C@H](C[C@H]3O)[C@@H]12. The zero-order valence-corrected chi connectivity index (χ0v) is 9.83. The van der Waals surface area contributed by atoms with Crippen molar-refractivity contribution in [2.75, 3.05) is 14.2 Å². The second-order valence-corrected chi connectivity index (χ2v) is 5.30. The number of methoxy groups -OCH3 is 2. The predicted molar refractivity (Wildman–Crippen MR) is 56.5 cm³/mol. The molecular weight excluding hydrogens is 208 g/mol. The minimum absolute atomic E-state index is 0.143. The minimum Gasteiger partial charge on any atom is -0.393 e. The molecule has 92 valence electrons. The van der Waals surface area contributed by atoms with Gasteiger partial charge in [-0.3, -0.25) is 0 Å². The predicted octanol–water partition coefficient (Wildman–Crippen LogP) is 0.985. The lowest BCUT2D eigenvalue weighted by Gasteiger charge is -2.49. The molecule has 4 heteroatoms. The third-order valence-corrected chi connectivity index (χ3v) is 4.75. The second-order valence-electron chi connectivity index (χ2n) is 5.30. The van der Waals surface area contributed by atoms with Crippen molar-refractivity contribution in [3.63, 3.8) is 0 Å². The van der Waals surface area contributed by atoms with Gasteiger partial charge in [-0.1, -0.05) is 0 Å². The van der Waals surface area contributed by atoms with Gasteiger partial charge in [0.25, 0.3) is 0 Å². The van der Waals surface area contributed by atoms with E-state index in [4.69, 9.17) is 14.2 Å². The Hall–Kier alpha value is -0.160. The van der Waals surface area contributed by atoms with Gasteiger partial charge in [0.2, 0.25) is 0 Å². The molecule has 3 aliphatic carbocycles. The Morgan fingerprint density at radius 2 is 1.75 bits per heavy atom. The van der Waals surface area contributed by atoms with Crippen molar-refractivity contribution in [1.29, 1.82) is 0 Å². The van der Waals surface area contributed by atoms with Crippen LogP contribution < -0.4 is 0 Å². The van der Waals surface area contributed by atoms with Gasteiger partial charge in [-0.2, -0.15) is 0 Å². The first-order valence-corrected chi connectivity index (χ1v) is 6.15. The van der Waals surface area contributed by atoms with E-state index in [-0.39, 0.29) is 18.7 Å². The quantitative estimate of drug-likeness (QED) is 0.765. The summed E-state index contributed by atoms with van der Waals surface area (Å²) < 4.78 is 16.6. The molecule has 0 radical (unpaired) electrons. The first-order valence-electron chi connectivity index (χ1n) is 6.15. The van der Waals surface area contributed by atoms with Crippen molar-refractivity contribution in [3.05, 3.63) is 0 Å². The maximum absolute atomic E-state index is 10.1. The summed E-state index contributed by atoms with van der Waals surface area (Å²) >= 11 is 0. The van der Waals surface area contributed by atoms with E-state index < -0.39 is 0 Å². The Morgan fingerprint density at radius 1 is 1.06 bits per heavy atom. The van der Waals surface area contributed by atoms with E-state index in [1.807, 2.05) is 0 Å². The fourth-order valence-corrected chi connectivity index (χ4v) is 4.13. The van der Waals surface area contributed by atoms with Crippen LogP contribution in [0.15, 0.2) is 0 Å². The Bertz CT molecular complexity index is 270. The van der Waals surface area contributed by atoms with Crippen molar-refractivity contribution < 1.29 is 19.3 Å². The van der Waals surface area contributed by atoms with E-state index in [0.29, 0.717) is 23.7 Å². The van der Waals surface area contributed by atoms with Crippen molar-refractivity contribution >= 4 is 0 Å². The highest BCUT2D eigenvalue weighted by molar-refractivity contribution is 5.02. The number of aliphatic hydroxyl groups excluding tert-OH is 1. The number of fused-ring (bicyclic) bond motifs is 2. The van der Waals surface area contributed by atoms with Crippen LogP contribution in [0.2, 0.25) is 0 Å². The summed E-state index contributed by atoms with van der Waals surface area (Å²) in [4.78, 5) is 0. The van der Waals surface area contributed by atoms with Crippen LogP contribution in [-0.4, -0.2) is 38.0 Å². The average Bonchev–Trinajstić information content (AvgIpc) is 2.69. The number of rotatable bonds is 2. The van der Waals surface area contributed by atoms with E-state index in [2.05, 4.69) is 0 Å². The zero-order chi connectivity index (χ0) is 11.3. The van der Waals surface area contributed by atoms with E-state index in [1.54, 1.807) is 14.2 Å². The molecule has 1 saturated heterocycles. The summed E-state index contributed by atoms with van der Waals surface area (Å²) in [6.07, 6.45) is 2.70. The largest absolute Gasteiger partial charge is 0.393 e. The molecule has 2 bridgehead atoms. The minimum atomic E-state index is -0.197. The molecule has 1 N–H and O–H groups in total. The molecule has 7 atom stereocenters. The average molecular weight is 228 g/mol. The second kappa shape index (κ2) is 3.95. The van der Waals surface area contributed by atoms with Gasteiger partial charge >= 0.3 is 0 Å². The summed E-state index contributed by atoms with van der Waals surface area (Å²) in [7, 11) is 3.37. The summed E-state index contributed by atoms with van der Waals surface area (Å²) in [5, 5.41) is 10.1. The van der Waals surface area contributed by atoms with E-state index >= 15 is 0 Å². The van der Waals surface area contributed by atoms with Gasteiger partial charge in [-0.15, -0.1) is 0 Å². The van der Waals surface area contributed by atoms with Crippen LogP contribution in [0, 0.1) is 23.7 Å². The fourth-order valence-electron chi connectivity index (χ4n) is 4.13. The van der Waals surface area contributed by atoms with Crippen molar-refractivity contribution in [1.82, 2.24) is 0 Å². The fraction of sp³-hybridized carbons (Fsp3) is 1.00. The smallest absolute Gasteiger partial charge is 0.163 e. The van der Waals surface area contributed by atoms with Crippen LogP contribution in [0.5, 0.6) is 0 Å².